The zero-order chi connectivity index (χ0) is 22.2. The summed E-state index contributed by atoms with van der Waals surface area (Å²) in [4.78, 5) is 6.43. The first-order valence-corrected chi connectivity index (χ1v) is 11.0. The van der Waals surface area contributed by atoms with Gasteiger partial charge in [0.1, 0.15) is 24.2 Å². The van der Waals surface area contributed by atoms with E-state index in [1.165, 1.54) is 5.56 Å². The maximum absolute atomic E-state index is 5.94. The maximum atomic E-state index is 5.94. The highest BCUT2D eigenvalue weighted by Gasteiger charge is 2.20. The van der Waals surface area contributed by atoms with Gasteiger partial charge in [-0.2, -0.15) is 0 Å². The molecule has 0 bridgehead atoms. The fourth-order valence-electron chi connectivity index (χ4n) is 3.53. The third-order valence-corrected chi connectivity index (χ3v) is 5.31. The van der Waals surface area contributed by atoms with Crippen LogP contribution in [-0.4, -0.2) is 39.9 Å². The molecule has 0 spiro atoms. The lowest BCUT2D eigenvalue weighted by Gasteiger charge is -2.18. The molecule has 0 aliphatic heterocycles. The first-order valence-electron chi connectivity index (χ1n) is 11.0. The Morgan fingerprint density at radius 3 is 2.56 bits per heavy atom. The summed E-state index contributed by atoms with van der Waals surface area (Å²) in [7, 11) is 2.01. The van der Waals surface area contributed by atoms with Crippen LogP contribution in [0.2, 0.25) is 0 Å². The minimum atomic E-state index is -0.0399. The summed E-state index contributed by atoms with van der Waals surface area (Å²) in [5, 5.41) is 8.52. The van der Waals surface area contributed by atoms with E-state index in [1.54, 1.807) is 6.20 Å². The van der Waals surface area contributed by atoms with Gasteiger partial charge < -0.3 is 18.6 Å². The first-order chi connectivity index (χ1) is 15.7. The number of anilines is 1. The van der Waals surface area contributed by atoms with Crippen molar-refractivity contribution in [2.45, 2.75) is 32.2 Å². The highest BCUT2D eigenvalue weighted by molar-refractivity contribution is 5.36. The SMILES string of the molecule is CCCc1nnc(C(Cc2ccc(OCCN(C)c3ccccn3)cc2)n2cccc2)o1. The highest BCUT2D eigenvalue weighted by Crippen LogP contribution is 2.24. The number of pyridine rings is 1. The van der Waals surface area contributed by atoms with Crippen molar-refractivity contribution < 1.29 is 9.15 Å². The monoisotopic (exact) mass is 431 g/mol. The van der Waals surface area contributed by atoms with Crippen LogP contribution in [0.25, 0.3) is 0 Å². The number of hydrogen-bond acceptors (Lipinski definition) is 6. The van der Waals surface area contributed by atoms with Crippen molar-refractivity contribution >= 4 is 5.82 Å². The summed E-state index contributed by atoms with van der Waals surface area (Å²) in [5.74, 6) is 3.12. The van der Waals surface area contributed by atoms with E-state index in [1.807, 2.05) is 61.9 Å². The van der Waals surface area contributed by atoms with E-state index in [-0.39, 0.29) is 6.04 Å². The van der Waals surface area contributed by atoms with E-state index < -0.39 is 0 Å². The van der Waals surface area contributed by atoms with Gasteiger partial charge in [-0.25, -0.2) is 4.98 Å². The molecule has 0 fully saturated rings. The number of likely N-dealkylation sites (N-methyl/N-ethyl adjacent to an activating group) is 1. The van der Waals surface area contributed by atoms with Crippen LogP contribution in [-0.2, 0) is 12.8 Å². The summed E-state index contributed by atoms with van der Waals surface area (Å²) in [6.07, 6.45) is 8.40. The smallest absolute Gasteiger partial charge is 0.239 e. The standard InChI is InChI=1S/C25H29N5O2/c1-3-8-24-27-28-25(32-24)22(30-15-6-7-16-30)19-20-10-12-21(13-11-20)31-18-17-29(2)23-9-4-5-14-26-23/h4-7,9-16,22H,3,8,17-19H2,1-2H3. The molecular weight excluding hydrogens is 402 g/mol. The Balaban J connectivity index is 1.36. The van der Waals surface area contributed by atoms with Crippen LogP contribution in [0.5, 0.6) is 5.75 Å². The maximum Gasteiger partial charge on any atom is 0.239 e. The topological polar surface area (TPSA) is 69.2 Å². The van der Waals surface area contributed by atoms with Crippen molar-refractivity contribution in [2.75, 3.05) is 25.1 Å². The van der Waals surface area contributed by atoms with Crippen molar-refractivity contribution in [3.05, 3.63) is 90.5 Å². The normalized spacial score (nSPS) is 11.9. The minimum absolute atomic E-state index is 0.0399. The van der Waals surface area contributed by atoms with Gasteiger partial charge in [0.25, 0.3) is 0 Å². The summed E-state index contributed by atoms with van der Waals surface area (Å²) in [6.45, 7) is 3.44. The number of benzene rings is 1. The van der Waals surface area contributed by atoms with Crippen molar-refractivity contribution in [2.24, 2.45) is 0 Å². The summed E-state index contributed by atoms with van der Waals surface area (Å²) in [5.41, 5.74) is 1.18. The van der Waals surface area contributed by atoms with Gasteiger partial charge in [-0.3, -0.25) is 0 Å². The molecule has 0 aliphatic rings. The molecule has 1 unspecified atom stereocenters. The van der Waals surface area contributed by atoms with Gasteiger partial charge in [-0.1, -0.05) is 25.1 Å². The quantitative estimate of drug-likeness (QED) is 0.347. The van der Waals surface area contributed by atoms with E-state index in [0.29, 0.717) is 18.4 Å². The number of hydrogen-bond donors (Lipinski definition) is 0. The molecule has 4 rings (SSSR count). The summed E-state index contributed by atoms with van der Waals surface area (Å²) < 4.78 is 14.0. The minimum Gasteiger partial charge on any atom is -0.492 e. The Kier molecular flexibility index (Phi) is 7.17. The molecule has 1 aromatic carbocycles. The fourth-order valence-corrected chi connectivity index (χ4v) is 3.53. The van der Waals surface area contributed by atoms with Crippen LogP contribution in [0.1, 0.15) is 36.7 Å². The second kappa shape index (κ2) is 10.6. The predicted molar refractivity (Wildman–Crippen MR) is 124 cm³/mol. The van der Waals surface area contributed by atoms with Gasteiger partial charge in [0.2, 0.25) is 11.8 Å². The molecular formula is C25H29N5O2. The van der Waals surface area contributed by atoms with E-state index in [4.69, 9.17) is 9.15 Å². The molecule has 1 atom stereocenters. The van der Waals surface area contributed by atoms with Crippen molar-refractivity contribution in [3.8, 4) is 5.75 Å². The lowest BCUT2D eigenvalue weighted by molar-refractivity contribution is 0.325. The van der Waals surface area contributed by atoms with E-state index in [9.17, 15) is 0 Å². The Hall–Kier alpha value is -3.61. The molecule has 3 aromatic heterocycles. The van der Waals surface area contributed by atoms with Crippen LogP contribution in [0.3, 0.4) is 0 Å². The first kappa shape index (κ1) is 21.6. The molecule has 166 valence electrons. The average Bonchev–Trinajstić information content (AvgIpc) is 3.52. The largest absolute Gasteiger partial charge is 0.492 e. The molecule has 0 radical (unpaired) electrons. The van der Waals surface area contributed by atoms with Crippen LogP contribution < -0.4 is 9.64 Å². The van der Waals surface area contributed by atoms with Gasteiger partial charge in [0, 0.05) is 38.5 Å². The zero-order valence-electron chi connectivity index (χ0n) is 18.6. The van der Waals surface area contributed by atoms with Gasteiger partial charge in [0.15, 0.2) is 0 Å². The van der Waals surface area contributed by atoms with Crippen LogP contribution >= 0.6 is 0 Å². The van der Waals surface area contributed by atoms with Crippen molar-refractivity contribution in [1.82, 2.24) is 19.7 Å². The summed E-state index contributed by atoms with van der Waals surface area (Å²) >= 11 is 0. The number of nitrogens with zero attached hydrogens (tertiary/aromatic N) is 5. The van der Waals surface area contributed by atoms with Crippen molar-refractivity contribution in [3.63, 3.8) is 0 Å². The van der Waals surface area contributed by atoms with Crippen LogP contribution in [0.4, 0.5) is 5.82 Å². The molecule has 0 saturated heterocycles. The van der Waals surface area contributed by atoms with E-state index >= 15 is 0 Å². The third kappa shape index (κ3) is 5.55. The molecule has 7 heteroatoms. The number of rotatable bonds is 11. The Bertz CT molecular complexity index is 1060. The molecule has 0 N–H and O–H groups in total. The second-order valence-electron chi connectivity index (χ2n) is 7.74. The third-order valence-electron chi connectivity index (χ3n) is 5.31. The predicted octanol–water partition coefficient (Wildman–Crippen LogP) is 4.57. The van der Waals surface area contributed by atoms with E-state index in [2.05, 4.69) is 43.7 Å². The number of aromatic nitrogens is 4. The van der Waals surface area contributed by atoms with Gasteiger partial charge in [0.05, 0.1) is 6.54 Å². The second-order valence-corrected chi connectivity index (χ2v) is 7.74. The zero-order valence-corrected chi connectivity index (χ0v) is 18.6. The molecule has 4 aromatic rings. The van der Waals surface area contributed by atoms with Crippen LogP contribution in [0, 0.1) is 0 Å². The molecule has 32 heavy (non-hydrogen) atoms. The number of ether oxygens (including phenoxy) is 1. The van der Waals surface area contributed by atoms with Gasteiger partial charge in [-0.15, -0.1) is 10.2 Å². The van der Waals surface area contributed by atoms with Gasteiger partial charge >= 0.3 is 0 Å². The Labute approximate surface area is 188 Å². The van der Waals surface area contributed by atoms with Gasteiger partial charge in [-0.05, 0) is 48.4 Å². The van der Waals surface area contributed by atoms with Crippen molar-refractivity contribution in [1.29, 1.82) is 0 Å². The molecule has 3 heterocycles. The Morgan fingerprint density at radius 2 is 1.84 bits per heavy atom. The molecule has 7 nitrogen and oxygen atoms in total. The Morgan fingerprint density at radius 1 is 1.03 bits per heavy atom. The summed E-state index contributed by atoms with van der Waals surface area (Å²) in [6, 6.07) is 18.1. The van der Waals surface area contributed by atoms with Crippen LogP contribution in [0.15, 0.2) is 77.6 Å². The lowest BCUT2D eigenvalue weighted by atomic mass is 10.1. The lowest BCUT2D eigenvalue weighted by Crippen LogP contribution is -2.24. The molecule has 0 amide bonds. The number of aryl methyl sites for hydroxylation is 1. The van der Waals surface area contributed by atoms with E-state index in [0.717, 1.165) is 37.4 Å². The average molecular weight is 432 g/mol. The fraction of sp³-hybridized carbons (Fsp3) is 0.320. The highest BCUT2D eigenvalue weighted by atomic mass is 16.5. The molecule has 0 aliphatic carbocycles. The molecule has 0 saturated carbocycles.